The Morgan fingerprint density at radius 3 is 2.43 bits per heavy atom. The minimum absolute atomic E-state index is 0.989. The van der Waals surface area contributed by atoms with Gasteiger partial charge in [-0.2, -0.15) is 0 Å². The largest absolute Gasteiger partial charge is 0.149 e. The molecular weight excluding hydrogens is 254 g/mol. The highest BCUT2D eigenvalue weighted by Crippen LogP contribution is 2.62. The van der Waals surface area contributed by atoms with Gasteiger partial charge in [0.2, 0.25) is 0 Å². The van der Waals surface area contributed by atoms with Crippen LogP contribution in [0.25, 0.3) is 10.8 Å². The van der Waals surface area contributed by atoms with E-state index in [9.17, 15) is 0 Å². The molecule has 2 aromatic carbocycles. The minimum atomic E-state index is -0.989. The number of halogens is 2. The molecule has 0 aromatic heterocycles. The number of benzene rings is 2. The van der Waals surface area contributed by atoms with Gasteiger partial charge in [-0.3, -0.25) is 0 Å². The highest BCUT2D eigenvalue weighted by atomic mass is 35.9. The van der Waals surface area contributed by atoms with Gasteiger partial charge in [0.05, 0.1) is 0 Å². The first-order valence-electron chi connectivity index (χ1n) is 4.05. The van der Waals surface area contributed by atoms with Gasteiger partial charge in [0.15, 0.2) is 0 Å². The molecule has 4 heteroatoms. The molecule has 0 fully saturated rings. The standard InChI is InChI=1S/C10H7Cl2PS/c11-13(12)14-10-7-3-5-8-4-1-2-6-9(8)10/h1-7H. The summed E-state index contributed by atoms with van der Waals surface area (Å²) >= 11 is 13.1. The van der Waals surface area contributed by atoms with Gasteiger partial charge in [0, 0.05) is 4.90 Å². The molecule has 72 valence electrons. The predicted octanol–water partition coefficient (Wildman–Crippen LogP) is 5.64. The Balaban J connectivity index is 2.53. The van der Waals surface area contributed by atoms with Crippen LogP contribution in [0, 0.1) is 0 Å². The second kappa shape index (κ2) is 4.72. The van der Waals surface area contributed by atoms with Gasteiger partial charge in [0.25, 0.3) is 0 Å². The third-order valence-corrected chi connectivity index (χ3v) is 4.85. The molecule has 2 rings (SSSR count). The van der Waals surface area contributed by atoms with Crippen LogP contribution in [0.5, 0.6) is 0 Å². The van der Waals surface area contributed by atoms with Crippen LogP contribution in [0.15, 0.2) is 47.4 Å². The SMILES string of the molecule is ClP(Cl)Sc1cccc2ccccc12. The van der Waals surface area contributed by atoms with Gasteiger partial charge in [-0.1, -0.05) is 70.3 Å². The molecule has 0 aliphatic rings. The summed E-state index contributed by atoms with van der Waals surface area (Å²) in [6.45, 7) is 0. The third kappa shape index (κ3) is 2.35. The lowest BCUT2D eigenvalue weighted by Gasteiger charge is -2.05. The minimum Gasteiger partial charge on any atom is -0.0653 e. The Bertz CT molecular complexity index is 440. The molecule has 0 aliphatic heterocycles. The molecule has 0 nitrogen and oxygen atoms in total. The summed E-state index contributed by atoms with van der Waals surface area (Å²) in [5, 5.41) is 2.44. The van der Waals surface area contributed by atoms with Gasteiger partial charge < -0.3 is 0 Å². The molecule has 0 saturated carbocycles. The monoisotopic (exact) mass is 260 g/mol. The molecule has 0 amide bonds. The summed E-state index contributed by atoms with van der Waals surface area (Å²) in [4.78, 5) is 1.15. The maximum atomic E-state index is 5.81. The number of hydrogen-bond donors (Lipinski definition) is 0. The zero-order valence-corrected chi connectivity index (χ0v) is 10.4. The summed E-state index contributed by atoms with van der Waals surface area (Å²) in [5.41, 5.74) is 0. The normalized spacial score (nSPS) is 11.1. The van der Waals surface area contributed by atoms with Crippen LogP contribution in [-0.2, 0) is 0 Å². The highest BCUT2D eigenvalue weighted by Gasteiger charge is 2.05. The molecule has 0 unspecified atom stereocenters. The fourth-order valence-corrected chi connectivity index (χ4v) is 4.18. The van der Waals surface area contributed by atoms with E-state index in [0.29, 0.717) is 0 Å². The first-order chi connectivity index (χ1) is 6.77. The maximum Gasteiger partial charge on any atom is 0.149 e. The Kier molecular flexibility index (Phi) is 3.57. The van der Waals surface area contributed by atoms with Crippen molar-refractivity contribution in [3.63, 3.8) is 0 Å². The van der Waals surface area contributed by atoms with Crippen molar-refractivity contribution in [2.75, 3.05) is 0 Å². The molecule has 0 radical (unpaired) electrons. The molecule has 0 aliphatic carbocycles. The van der Waals surface area contributed by atoms with Crippen LogP contribution in [0.2, 0.25) is 0 Å². The van der Waals surface area contributed by atoms with Gasteiger partial charge in [-0.25, -0.2) is 0 Å². The maximum absolute atomic E-state index is 5.81. The van der Waals surface area contributed by atoms with Gasteiger partial charge >= 0.3 is 0 Å². The Morgan fingerprint density at radius 1 is 0.929 bits per heavy atom. The Labute approximate surface area is 97.7 Å². The van der Waals surface area contributed by atoms with Gasteiger partial charge in [-0.15, -0.1) is 0 Å². The Hall–Kier alpha value is 0.0600. The smallest absolute Gasteiger partial charge is 0.0653 e. The van der Waals surface area contributed by atoms with Crippen LogP contribution < -0.4 is 0 Å². The van der Waals surface area contributed by atoms with E-state index < -0.39 is 5.83 Å². The summed E-state index contributed by atoms with van der Waals surface area (Å²) in [7, 11) is 0. The number of hydrogen-bond acceptors (Lipinski definition) is 1. The van der Waals surface area contributed by atoms with E-state index in [1.807, 2.05) is 24.3 Å². The van der Waals surface area contributed by atoms with Crippen molar-refractivity contribution < 1.29 is 0 Å². The van der Waals surface area contributed by atoms with Crippen molar-refractivity contribution in [2.24, 2.45) is 0 Å². The van der Waals surface area contributed by atoms with Gasteiger partial charge in [-0.05, 0) is 16.8 Å². The molecule has 14 heavy (non-hydrogen) atoms. The van der Waals surface area contributed by atoms with Crippen molar-refractivity contribution in [1.29, 1.82) is 0 Å². The second-order valence-corrected chi connectivity index (χ2v) is 9.19. The molecule has 0 bridgehead atoms. The average Bonchev–Trinajstić information content (AvgIpc) is 2.18. The summed E-state index contributed by atoms with van der Waals surface area (Å²) < 4.78 is 0. The van der Waals surface area contributed by atoms with E-state index in [1.54, 1.807) is 0 Å². The zero-order valence-electron chi connectivity index (χ0n) is 7.15. The third-order valence-electron chi connectivity index (χ3n) is 1.92. The van der Waals surface area contributed by atoms with Crippen LogP contribution >= 0.6 is 39.7 Å². The predicted molar refractivity (Wildman–Crippen MR) is 68.4 cm³/mol. The van der Waals surface area contributed by atoms with E-state index in [-0.39, 0.29) is 0 Å². The van der Waals surface area contributed by atoms with Crippen molar-refractivity contribution in [3.8, 4) is 0 Å². The van der Waals surface area contributed by atoms with Gasteiger partial charge in [0.1, 0.15) is 5.83 Å². The summed E-state index contributed by atoms with van der Waals surface area (Å²) in [5.74, 6) is -0.989. The number of rotatable bonds is 2. The summed E-state index contributed by atoms with van der Waals surface area (Å²) in [6.07, 6.45) is 0. The van der Waals surface area contributed by atoms with Crippen LogP contribution in [-0.4, -0.2) is 0 Å². The van der Waals surface area contributed by atoms with Crippen LogP contribution in [0.4, 0.5) is 0 Å². The second-order valence-electron chi connectivity index (χ2n) is 2.77. The van der Waals surface area contributed by atoms with Crippen molar-refractivity contribution >= 4 is 50.5 Å². The highest BCUT2D eigenvalue weighted by molar-refractivity contribution is 8.70. The van der Waals surface area contributed by atoms with E-state index in [4.69, 9.17) is 22.5 Å². The molecule has 0 atom stereocenters. The quantitative estimate of drug-likeness (QED) is 0.630. The number of fused-ring (bicyclic) bond motifs is 1. The fourth-order valence-electron chi connectivity index (χ4n) is 1.35. The molecular formula is C10H7Cl2PS. The first kappa shape index (κ1) is 10.6. The topological polar surface area (TPSA) is 0 Å². The van der Waals surface area contributed by atoms with Crippen LogP contribution in [0.1, 0.15) is 0 Å². The Morgan fingerprint density at radius 2 is 1.64 bits per heavy atom. The first-order valence-corrected chi connectivity index (χ1v) is 8.62. The lowest BCUT2D eigenvalue weighted by Crippen LogP contribution is -1.74. The lowest BCUT2D eigenvalue weighted by molar-refractivity contribution is 1.56. The average molecular weight is 261 g/mol. The van der Waals surface area contributed by atoms with E-state index in [2.05, 4.69) is 18.2 Å². The summed E-state index contributed by atoms with van der Waals surface area (Å²) in [6, 6.07) is 14.4. The molecule has 2 aromatic rings. The van der Waals surface area contributed by atoms with E-state index >= 15 is 0 Å². The fraction of sp³-hybridized carbons (Fsp3) is 0. The molecule has 0 spiro atoms. The van der Waals surface area contributed by atoms with E-state index in [1.165, 1.54) is 22.2 Å². The van der Waals surface area contributed by atoms with Crippen molar-refractivity contribution in [3.05, 3.63) is 42.5 Å². The molecule has 0 heterocycles. The van der Waals surface area contributed by atoms with Crippen molar-refractivity contribution in [2.45, 2.75) is 4.90 Å². The van der Waals surface area contributed by atoms with E-state index in [0.717, 1.165) is 4.90 Å². The zero-order chi connectivity index (χ0) is 9.97. The van der Waals surface area contributed by atoms with Crippen molar-refractivity contribution in [1.82, 2.24) is 0 Å². The van der Waals surface area contributed by atoms with Crippen LogP contribution in [0.3, 0.4) is 0 Å². The molecule has 0 saturated heterocycles. The lowest BCUT2D eigenvalue weighted by atomic mass is 10.1. The molecule has 0 N–H and O–H groups in total.